The molecule has 18 heavy (non-hydrogen) atoms. The SMILES string of the molecule is CN(Cc1cccc(Br)c1)c1ccnc(CN)c1. The number of hydrogen-bond acceptors (Lipinski definition) is 3. The summed E-state index contributed by atoms with van der Waals surface area (Å²) in [7, 11) is 2.07. The van der Waals surface area contributed by atoms with E-state index in [0.717, 1.165) is 22.4 Å². The van der Waals surface area contributed by atoms with E-state index in [9.17, 15) is 0 Å². The highest BCUT2D eigenvalue weighted by Crippen LogP contribution is 2.18. The average molecular weight is 306 g/mol. The molecule has 0 aliphatic rings. The highest BCUT2D eigenvalue weighted by molar-refractivity contribution is 9.10. The third kappa shape index (κ3) is 3.31. The molecule has 4 heteroatoms. The smallest absolute Gasteiger partial charge is 0.0560 e. The standard InChI is InChI=1S/C14H16BrN3/c1-18(10-11-3-2-4-12(15)7-11)14-5-6-17-13(8-14)9-16/h2-8H,9-10,16H2,1H3. The van der Waals surface area contributed by atoms with Crippen LogP contribution in [0.2, 0.25) is 0 Å². The number of nitrogens with zero attached hydrogens (tertiary/aromatic N) is 2. The Morgan fingerprint density at radius 2 is 2.11 bits per heavy atom. The molecule has 2 N–H and O–H groups in total. The Morgan fingerprint density at radius 3 is 2.83 bits per heavy atom. The second kappa shape index (κ2) is 5.98. The maximum absolute atomic E-state index is 5.60. The Morgan fingerprint density at radius 1 is 1.28 bits per heavy atom. The van der Waals surface area contributed by atoms with Gasteiger partial charge in [-0.3, -0.25) is 4.98 Å². The van der Waals surface area contributed by atoms with Crippen molar-refractivity contribution in [2.24, 2.45) is 5.73 Å². The third-order valence-electron chi connectivity index (χ3n) is 2.76. The van der Waals surface area contributed by atoms with Gasteiger partial charge in [0.05, 0.1) is 5.69 Å². The molecule has 0 fully saturated rings. The number of anilines is 1. The van der Waals surface area contributed by atoms with Crippen molar-refractivity contribution < 1.29 is 0 Å². The van der Waals surface area contributed by atoms with Crippen LogP contribution in [0.5, 0.6) is 0 Å². The van der Waals surface area contributed by atoms with Gasteiger partial charge in [0.1, 0.15) is 0 Å². The van der Waals surface area contributed by atoms with Crippen LogP contribution in [0.4, 0.5) is 5.69 Å². The molecular formula is C14H16BrN3. The molecule has 0 bridgehead atoms. The molecule has 0 saturated carbocycles. The Bertz CT molecular complexity index is 528. The van der Waals surface area contributed by atoms with Crippen molar-refractivity contribution in [1.82, 2.24) is 4.98 Å². The van der Waals surface area contributed by atoms with Crippen LogP contribution in [-0.4, -0.2) is 12.0 Å². The van der Waals surface area contributed by atoms with Crippen molar-refractivity contribution in [3.63, 3.8) is 0 Å². The zero-order valence-corrected chi connectivity index (χ0v) is 11.9. The first-order valence-electron chi connectivity index (χ1n) is 5.79. The maximum atomic E-state index is 5.60. The number of pyridine rings is 1. The lowest BCUT2D eigenvalue weighted by Gasteiger charge is -2.20. The molecule has 2 rings (SSSR count). The van der Waals surface area contributed by atoms with E-state index in [2.05, 4.69) is 45.0 Å². The van der Waals surface area contributed by atoms with Crippen molar-refractivity contribution in [2.75, 3.05) is 11.9 Å². The largest absolute Gasteiger partial charge is 0.370 e. The molecule has 1 aromatic heterocycles. The molecule has 0 aliphatic heterocycles. The van der Waals surface area contributed by atoms with Gasteiger partial charge in [-0.25, -0.2) is 0 Å². The summed E-state index contributed by atoms with van der Waals surface area (Å²) in [6.07, 6.45) is 1.80. The molecule has 0 atom stereocenters. The molecule has 0 amide bonds. The molecule has 3 nitrogen and oxygen atoms in total. The van der Waals surface area contributed by atoms with Crippen LogP contribution in [0.25, 0.3) is 0 Å². The van der Waals surface area contributed by atoms with E-state index in [1.807, 2.05) is 24.3 Å². The Labute approximate surface area is 116 Å². The molecule has 94 valence electrons. The highest BCUT2D eigenvalue weighted by Gasteiger charge is 2.03. The van der Waals surface area contributed by atoms with Crippen molar-refractivity contribution in [1.29, 1.82) is 0 Å². The van der Waals surface area contributed by atoms with Crippen molar-refractivity contribution in [3.05, 3.63) is 58.3 Å². The van der Waals surface area contributed by atoms with Crippen LogP contribution in [0.1, 0.15) is 11.3 Å². The lowest BCUT2D eigenvalue weighted by atomic mass is 10.2. The number of hydrogen-bond donors (Lipinski definition) is 1. The van der Waals surface area contributed by atoms with Crippen molar-refractivity contribution in [2.45, 2.75) is 13.1 Å². The summed E-state index contributed by atoms with van der Waals surface area (Å²) in [4.78, 5) is 6.39. The monoisotopic (exact) mass is 305 g/mol. The summed E-state index contributed by atoms with van der Waals surface area (Å²) < 4.78 is 1.10. The van der Waals surface area contributed by atoms with Crippen LogP contribution in [0.3, 0.4) is 0 Å². The van der Waals surface area contributed by atoms with Crippen molar-refractivity contribution in [3.8, 4) is 0 Å². The van der Waals surface area contributed by atoms with Gasteiger partial charge < -0.3 is 10.6 Å². The van der Waals surface area contributed by atoms with Gasteiger partial charge in [0.25, 0.3) is 0 Å². The van der Waals surface area contributed by atoms with Gasteiger partial charge in [-0.1, -0.05) is 28.1 Å². The van der Waals surface area contributed by atoms with Gasteiger partial charge in [0.15, 0.2) is 0 Å². The van der Waals surface area contributed by atoms with Crippen LogP contribution >= 0.6 is 15.9 Å². The zero-order valence-electron chi connectivity index (χ0n) is 10.3. The van der Waals surface area contributed by atoms with E-state index in [-0.39, 0.29) is 0 Å². The number of benzene rings is 1. The van der Waals surface area contributed by atoms with E-state index < -0.39 is 0 Å². The molecule has 0 unspecified atom stereocenters. The van der Waals surface area contributed by atoms with Crippen LogP contribution < -0.4 is 10.6 Å². The van der Waals surface area contributed by atoms with E-state index in [4.69, 9.17) is 5.73 Å². The summed E-state index contributed by atoms with van der Waals surface area (Å²) in [6, 6.07) is 12.3. The fraction of sp³-hybridized carbons (Fsp3) is 0.214. The van der Waals surface area contributed by atoms with E-state index in [1.54, 1.807) is 6.20 Å². The van der Waals surface area contributed by atoms with Gasteiger partial charge >= 0.3 is 0 Å². The minimum atomic E-state index is 0.471. The molecule has 0 radical (unpaired) electrons. The minimum Gasteiger partial charge on any atom is -0.370 e. The van der Waals surface area contributed by atoms with Crippen LogP contribution in [0.15, 0.2) is 47.1 Å². The summed E-state index contributed by atoms with van der Waals surface area (Å²) in [5.74, 6) is 0. The Balaban J connectivity index is 2.13. The summed E-state index contributed by atoms with van der Waals surface area (Å²) in [6.45, 7) is 1.33. The molecule has 2 aromatic rings. The second-order valence-corrected chi connectivity index (χ2v) is 5.11. The molecular weight excluding hydrogens is 290 g/mol. The first-order chi connectivity index (χ1) is 8.69. The zero-order chi connectivity index (χ0) is 13.0. The molecule has 1 heterocycles. The minimum absolute atomic E-state index is 0.471. The van der Waals surface area contributed by atoms with Gasteiger partial charge in [0.2, 0.25) is 0 Å². The second-order valence-electron chi connectivity index (χ2n) is 4.20. The van der Waals surface area contributed by atoms with Crippen molar-refractivity contribution >= 4 is 21.6 Å². The van der Waals surface area contributed by atoms with Crippen LogP contribution in [0, 0.1) is 0 Å². The number of rotatable bonds is 4. The van der Waals surface area contributed by atoms with Gasteiger partial charge in [0, 0.05) is 36.5 Å². The molecule has 0 saturated heterocycles. The number of nitrogens with two attached hydrogens (primary N) is 1. The third-order valence-corrected chi connectivity index (χ3v) is 3.25. The predicted octanol–water partition coefficient (Wildman–Crippen LogP) is 2.94. The quantitative estimate of drug-likeness (QED) is 0.944. The van der Waals surface area contributed by atoms with E-state index in [0.29, 0.717) is 6.54 Å². The predicted molar refractivity (Wildman–Crippen MR) is 78.4 cm³/mol. The first-order valence-corrected chi connectivity index (χ1v) is 6.59. The normalized spacial score (nSPS) is 10.4. The summed E-state index contributed by atoms with van der Waals surface area (Å²) in [5, 5.41) is 0. The molecule has 1 aromatic carbocycles. The maximum Gasteiger partial charge on any atom is 0.0560 e. The van der Waals surface area contributed by atoms with E-state index >= 15 is 0 Å². The lowest BCUT2D eigenvalue weighted by Crippen LogP contribution is -2.17. The highest BCUT2D eigenvalue weighted by atomic mass is 79.9. The van der Waals surface area contributed by atoms with E-state index in [1.165, 1.54) is 5.56 Å². The number of halogens is 1. The Hall–Kier alpha value is -1.39. The number of aromatic nitrogens is 1. The summed E-state index contributed by atoms with van der Waals surface area (Å²) >= 11 is 3.49. The topological polar surface area (TPSA) is 42.2 Å². The first kappa shape index (κ1) is 13.1. The van der Waals surface area contributed by atoms with Gasteiger partial charge in [-0.15, -0.1) is 0 Å². The fourth-order valence-electron chi connectivity index (χ4n) is 1.81. The van der Waals surface area contributed by atoms with Gasteiger partial charge in [-0.2, -0.15) is 0 Å². The fourth-order valence-corrected chi connectivity index (χ4v) is 2.26. The summed E-state index contributed by atoms with van der Waals surface area (Å²) in [5.41, 5.74) is 8.91. The lowest BCUT2D eigenvalue weighted by molar-refractivity contribution is 0.908. The van der Waals surface area contributed by atoms with Gasteiger partial charge in [-0.05, 0) is 29.8 Å². The average Bonchev–Trinajstić information content (AvgIpc) is 2.39. The molecule has 0 spiro atoms. The van der Waals surface area contributed by atoms with Crippen LogP contribution in [-0.2, 0) is 13.1 Å². The molecule has 0 aliphatic carbocycles. The Kier molecular flexibility index (Phi) is 4.33.